The minimum absolute atomic E-state index is 0.00631. The summed E-state index contributed by atoms with van der Waals surface area (Å²) in [7, 11) is 0. The van der Waals surface area contributed by atoms with Crippen molar-refractivity contribution in [2.45, 2.75) is 81.3 Å². The smallest absolute Gasteiger partial charge is 0.167 e. The molecule has 202 valence electrons. The fraction of sp³-hybridized carbons (Fsp3) is 0.484. The quantitative estimate of drug-likeness (QED) is 0.420. The van der Waals surface area contributed by atoms with Crippen LogP contribution in [-0.4, -0.2) is 38.2 Å². The van der Waals surface area contributed by atoms with Gasteiger partial charge in [0.05, 0.1) is 24.0 Å². The van der Waals surface area contributed by atoms with Gasteiger partial charge in [0.2, 0.25) is 0 Å². The number of benzene rings is 1. The number of fused-ring (bicyclic) bond motifs is 5. The van der Waals surface area contributed by atoms with Crippen LogP contribution in [0.3, 0.4) is 0 Å². The standard InChI is InChI=1S/C24H27N3O3.C5H12.C2H6/c1-14-10-19-23-17-8-7-9-20(30-13-15(2)28)22(17)25-27(23)12-21(24(4,5)6)26(19)11-18(14)16(3)29;1-4-5(2)3;1-2/h7-11,21,29H,1,3,12-13H2,2,4-6H3;5H,4H2,1-3H3;1-2H3. The number of ether oxygens (including phenoxy) is 1. The van der Waals surface area contributed by atoms with Crippen molar-refractivity contribution in [2.24, 2.45) is 11.3 Å². The van der Waals surface area contributed by atoms with Crippen LogP contribution < -0.4 is 4.74 Å². The van der Waals surface area contributed by atoms with Crippen molar-refractivity contribution in [2.75, 3.05) is 6.61 Å². The third-order valence-corrected chi connectivity index (χ3v) is 6.42. The Kier molecular flexibility index (Phi) is 9.96. The second-order valence-electron chi connectivity index (χ2n) is 10.8. The number of hydrogen-bond donors (Lipinski definition) is 1. The molecule has 4 rings (SSSR count). The van der Waals surface area contributed by atoms with Crippen LogP contribution in [0.5, 0.6) is 5.75 Å². The van der Waals surface area contributed by atoms with Gasteiger partial charge in [-0.3, -0.25) is 9.48 Å². The van der Waals surface area contributed by atoms with E-state index in [2.05, 4.69) is 59.6 Å². The molecule has 6 nitrogen and oxygen atoms in total. The van der Waals surface area contributed by atoms with Crippen LogP contribution in [0.1, 0.15) is 74.4 Å². The molecule has 0 spiro atoms. The van der Waals surface area contributed by atoms with Gasteiger partial charge in [0.1, 0.15) is 23.6 Å². The second kappa shape index (κ2) is 12.3. The number of carbonyl (C=O) groups is 1. The number of nitrogens with zero attached hydrogens (tertiary/aromatic N) is 3. The number of rotatable bonds is 5. The highest BCUT2D eigenvalue weighted by Crippen LogP contribution is 2.44. The van der Waals surface area contributed by atoms with Crippen LogP contribution in [-0.2, 0) is 11.3 Å². The molecule has 6 heteroatoms. The van der Waals surface area contributed by atoms with Crippen molar-refractivity contribution in [3.05, 3.63) is 66.2 Å². The predicted octanol–water partition coefficient (Wildman–Crippen LogP) is 7.68. The lowest BCUT2D eigenvalue weighted by atomic mass is 9.82. The van der Waals surface area contributed by atoms with Gasteiger partial charge in [-0.15, -0.1) is 0 Å². The normalized spacial score (nSPS) is 16.4. The van der Waals surface area contributed by atoms with Gasteiger partial charge < -0.3 is 14.7 Å². The van der Waals surface area contributed by atoms with Crippen molar-refractivity contribution in [3.8, 4) is 5.75 Å². The van der Waals surface area contributed by atoms with E-state index in [0.717, 1.165) is 28.2 Å². The molecule has 0 fully saturated rings. The van der Waals surface area contributed by atoms with Crippen LogP contribution in [0.25, 0.3) is 16.6 Å². The molecule has 0 saturated heterocycles. The van der Waals surface area contributed by atoms with E-state index in [4.69, 9.17) is 9.84 Å². The molecule has 1 aromatic carbocycles. The first-order valence-electron chi connectivity index (χ1n) is 13.3. The summed E-state index contributed by atoms with van der Waals surface area (Å²) in [5.41, 5.74) is 3.96. The Morgan fingerprint density at radius 2 is 1.89 bits per heavy atom. The Morgan fingerprint density at radius 1 is 1.27 bits per heavy atom. The zero-order valence-electron chi connectivity index (χ0n) is 24.2. The van der Waals surface area contributed by atoms with E-state index < -0.39 is 0 Å². The van der Waals surface area contributed by atoms with Gasteiger partial charge in [-0.2, -0.15) is 5.10 Å². The lowest BCUT2D eigenvalue weighted by molar-refractivity contribution is -0.118. The molecule has 1 atom stereocenters. The van der Waals surface area contributed by atoms with Crippen molar-refractivity contribution in [1.82, 2.24) is 14.7 Å². The third-order valence-electron chi connectivity index (χ3n) is 6.42. The van der Waals surface area contributed by atoms with E-state index in [1.807, 2.05) is 49.0 Å². The van der Waals surface area contributed by atoms with Crippen molar-refractivity contribution < 1.29 is 14.6 Å². The number of allylic oxidation sites excluding steroid dienone is 2. The summed E-state index contributed by atoms with van der Waals surface area (Å²) in [6, 6.07) is 5.87. The minimum atomic E-state index is -0.0556. The average molecular weight is 508 g/mol. The van der Waals surface area contributed by atoms with E-state index in [1.54, 1.807) is 0 Å². The summed E-state index contributed by atoms with van der Waals surface area (Å²) < 4.78 is 7.74. The van der Waals surface area contributed by atoms with E-state index >= 15 is 0 Å². The molecule has 2 aromatic rings. The van der Waals surface area contributed by atoms with Crippen LogP contribution in [0, 0.1) is 11.3 Å². The van der Waals surface area contributed by atoms with Crippen LogP contribution in [0.2, 0.25) is 0 Å². The molecule has 0 radical (unpaired) electrons. The first kappa shape index (κ1) is 29.9. The maximum Gasteiger partial charge on any atom is 0.167 e. The van der Waals surface area contributed by atoms with Gasteiger partial charge in [0.25, 0.3) is 0 Å². The van der Waals surface area contributed by atoms with E-state index in [-0.39, 0.29) is 29.6 Å². The molecule has 3 heterocycles. The molecule has 2 aliphatic rings. The number of ketones is 1. The van der Waals surface area contributed by atoms with E-state index in [9.17, 15) is 9.90 Å². The Bertz CT molecular complexity index is 1210. The predicted molar refractivity (Wildman–Crippen MR) is 154 cm³/mol. The first-order valence-corrected chi connectivity index (χ1v) is 13.3. The molecule has 2 aliphatic heterocycles. The zero-order chi connectivity index (χ0) is 28.1. The number of aromatic nitrogens is 2. The molecule has 1 N–H and O–H groups in total. The molecule has 1 unspecified atom stereocenters. The maximum atomic E-state index is 11.4. The Hall–Kier alpha value is -3.28. The molecular weight excluding hydrogens is 462 g/mol. The minimum Gasteiger partial charge on any atom is -0.508 e. The lowest BCUT2D eigenvalue weighted by Gasteiger charge is -2.46. The molecule has 0 bridgehead atoms. The summed E-state index contributed by atoms with van der Waals surface area (Å²) in [6.45, 7) is 27.2. The molecule has 0 aliphatic carbocycles. The molecular formula is C31H45N3O3. The summed E-state index contributed by atoms with van der Waals surface area (Å²) in [4.78, 5) is 13.6. The van der Waals surface area contributed by atoms with Crippen LogP contribution in [0.4, 0.5) is 0 Å². The monoisotopic (exact) mass is 507 g/mol. The van der Waals surface area contributed by atoms with Crippen molar-refractivity contribution >= 4 is 22.4 Å². The Morgan fingerprint density at radius 3 is 2.41 bits per heavy atom. The van der Waals surface area contributed by atoms with Gasteiger partial charge in [0.15, 0.2) is 5.78 Å². The van der Waals surface area contributed by atoms with Gasteiger partial charge in [-0.1, -0.05) is 87.1 Å². The van der Waals surface area contributed by atoms with Gasteiger partial charge in [-0.25, -0.2) is 0 Å². The summed E-state index contributed by atoms with van der Waals surface area (Å²) in [5.74, 6) is 1.45. The number of Topliss-reactive ketones (excluding diaryl/α,β-unsaturated/α-hetero) is 1. The summed E-state index contributed by atoms with van der Waals surface area (Å²) in [5, 5.41) is 15.9. The van der Waals surface area contributed by atoms with E-state index in [1.165, 1.54) is 13.3 Å². The second-order valence-corrected chi connectivity index (χ2v) is 10.8. The highest BCUT2D eigenvalue weighted by molar-refractivity contribution is 5.95. The highest BCUT2D eigenvalue weighted by Gasteiger charge is 2.40. The average Bonchev–Trinajstić information content (AvgIpc) is 3.22. The number of hydrogen-bond acceptors (Lipinski definition) is 5. The number of aliphatic hydroxyl groups is 1. The SMILES string of the molecule is C=C(O)C1=CN2C(=CC1=C)c1c3cccc(OCC(C)=O)c3nn1CC2C(C)(C)C.CC.CCC(C)C. The number of aliphatic hydroxyl groups excluding tert-OH is 1. The summed E-state index contributed by atoms with van der Waals surface area (Å²) in [6.07, 6.45) is 5.22. The zero-order valence-corrected chi connectivity index (χ0v) is 24.2. The maximum absolute atomic E-state index is 11.4. The number of carbonyl (C=O) groups excluding carboxylic acids is 1. The highest BCUT2D eigenvalue weighted by atomic mass is 16.5. The molecule has 37 heavy (non-hydrogen) atoms. The molecule has 1 aromatic heterocycles. The fourth-order valence-corrected chi connectivity index (χ4v) is 4.08. The topological polar surface area (TPSA) is 67.6 Å². The summed E-state index contributed by atoms with van der Waals surface area (Å²) >= 11 is 0. The van der Waals surface area contributed by atoms with E-state index in [0.29, 0.717) is 23.4 Å². The van der Waals surface area contributed by atoms with Crippen LogP contribution in [0.15, 0.2) is 60.5 Å². The molecule has 0 amide bonds. The Balaban J connectivity index is 0.000000617. The van der Waals surface area contributed by atoms with Crippen molar-refractivity contribution in [3.63, 3.8) is 0 Å². The van der Waals surface area contributed by atoms with Gasteiger partial charge >= 0.3 is 0 Å². The fourth-order valence-electron chi connectivity index (χ4n) is 4.08. The van der Waals surface area contributed by atoms with Gasteiger partial charge in [0, 0.05) is 17.2 Å². The van der Waals surface area contributed by atoms with Crippen molar-refractivity contribution in [1.29, 1.82) is 0 Å². The first-order chi connectivity index (χ1) is 17.3. The van der Waals surface area contributed by atoms with Crippen LogP contribution >= 0.6 is 0 Å². The van der Waals surface area contributed by atoms with Gasteiger partial charge in [-0.05, 0) is 36.0 Å². The lowest BCUT2D eigenvalue weighted by Crippen LogP contribution is -2.47. The Labute approximate surface area is 223 Å². The largest absolute Gasteiger partial charge is 0.508 e. The molecule has 0 saturated carbocycles. The third kappa shape index (κ3) is 6.73.